The van der Waals surface area contributed by atoms with Crippen molar-refractivity contribution >= 4 is 0 Å². The van der Waals surface area contributed by atoms with Gasteiger partial charge in [-0.1, -0.05) is 6.92 Å². The highest BCUT2D eigenvalue weighted by atomic mass is 16.5. The van der Waals surface area contributed by atoms with Crippen LogP contribution in [0.4, 0.5) is 0 Å². The Hall–Kier alpha value is -0.120. The van der Waals surface area contributed by atoms with E-state index in [1.54, 1.807) is 0 Å². The van der Waals surface area contributed by atoms with Crippen LogP contribution in [0.1, 0.15) is 26.2 Å². The van der Waals surface area contributed by atoms with E-state index in [4.69, 9.17) is 4.74 Å². The summed E-state index contributed by atoms with van der Waals surface area (Å²) in [5.41, 5.74) is 0. The standard InChI is InChI=1S/C10H21NO2/c1-3-9(12)7-13-10-4-8(5-10)6-11-2/h8-12H,3-7H2,1-2H3. The first-order chi connectivity index (χ1) is 6.26. The van der Waals surface area contributed by atoms with E-state index in [2.05, 4.69) is 5.32 Å². The Morgan fingerprint density at radius 3 is 2.77 bits per heavy atom. The second-order valence-electron chi connectivity index (χ2n) is 3.91. The lowest BCUT2D eigenvalue weighted by atomic mass is 9.82. The van der Waals surface area contributed by atoms with Gasteiger partial charge in [-0.15, -0.1) is 0 Å². The molecule has 1 unspecified atom stereocenters. The molecule has 1 atom stereocenters. The Labute approximate surface area is 80.5 Å². The van der Waals surface area contributed by atoms with Gasteiger partial charge in [0.15, 0.2) is 0 Å². The Kier molecular flexibility index (Phi) is 4.70. The van der Waals surface area contributed by atoms with Crippen LogP contribution in [0.2, 0.25) is 0 Å². The van der Waals surface area contributed by atoms with Crippen LogP contribution in [0.5, 0.6) is 0 Å². The van der Waals surface area contributed by atoms with Crippen molar-refractivity contribution in [1.82, 2.24) is 5.32 Å². The highest BCUT2D eigenvalue weighted by molar-refractivity contribution is 4.81. The highest BCUT2D eigenvalue weighted by Crippen LogP contribution is 2.29. The third kappa shape index (κ3) is 3.63. The molecule has 13 heavy (non-hydrogen) atoms. The molecule has 1 rings (SSSR count). The van der Waals surface area contributed by atoms with Gasteiger partial charge >= 0.3 is 0 Å². The Morgan fingerprint density at radius 1 is 1.54 bits per heavy atom. The summed E-state index contributed by atoms with van der Waals surface area (Å²) in [5, 5.41) is 12.4. The van der Waals surface area contributed by atoms with Crippen molar-refractivity contribution in [3.8, 4) is 0 Å². The molecule has 3 heteroatoms. The predicted molar refractivity (Wildman–Crippen MR) is 52.7 cm³/mol. The zero-order valence-electron chi connectivity index (χ0n) is 8.62. The van der Waals surface area contributed by atoms with Gasteiger partial charge in [-0.05, 0) is 38.8 Å². The normalized spacial score (nSPS) is 29.8. The van der Waals surface area contributed by atoms with E-state index in [0.717, 1.165) is 31.7 Å². The maximum absolute atomic E-state index is 9.26. The molecule has 2 N–H and O–H groups in total. The topological polar surface area (TPSA) is 41.5 Å². The predicted octanol–water partition coefficient (Wildman–Crippen LogP) is 0.772. The molecule has 0 saturated heterocycles. The summed E-state index contributed by atoms with van der Waals surface area (Å²) in [6.45, 7) is 3.57. The number of hydrogen-bond donors (Lipinski definition) is 2. The summed E-state index contributed by atoms with van der Waals surface area (Å²) in [5.74, 6) is 0.786. The smallest absolute Gasteiger partial charge is 0.0771 e. The summed E-state index contributed by atoms with van der Waals surface area (Å²) in [4.78, 5) is 0. The fourth-order valence-corrected chi connectivity index (χ4v) is 1.63. The number of ether oxygens (including phenoxy) is 1. The van der Waals surface area contributed by atoms with Crippen LogP contribution in [0.25, 0.3) is 0 Å². The lowest BCUT2D eigenvalue weighted by Crippen LogP contribution is -2.38. The van der Waals surface area contributed by atoms with Gasteiger partial charge in [0.05, 0.1) is 18.8 Å². The van der Waals surface area contributed by atoms with Crippen LogP contribution in [-0.2, 0) is 4.74 Å². The summed E-state index contributed by atoms with van der Waals surface area (Å²) in [7, 11) is 1.98. The lowest BCUT2D eigenvalue weighted by Gasteiger charge is -2.35. The van der Waals surface area contributed by atoms with Gasteiger partial charge in [0, 0.05) is 0 Å². The number of aliphatic hydroxyl groups excluding tert-OH is 1. The monoisotopic (exact) mass is 187 g/mol. The third-order valence-corrected chi connectivity index (χ3v) is 2.68. The van der Waals surface area contributed by atoms with E-state index in [1.165, 1.54) is 0 Å². The molecule has 0 aromatic rings. The van der Waals surface area contributed by atoms with Crippen LogP contribution in [0, 0.1) is 5.92 Å². The van der Waals surface area contributed by atoms with Gasteiger partial charge in [0.2, 0.25) is 0 Å². The number of hydrogen-bond acceptors (Lipinski definition) is 3. The lowest BCUT2D eigenvalue weighted by molar-refractivity contribution is -0.0638. The molecule has 0 aromatic carbocycles. The average Bonchev–Trinajstić information content (AvgIpc) is 2.08. The van der Waals surface area contributed by atoms with Gasteiger partial charge in [-0.2, -0.15) is 0 Å². The van der Waals surface area contributed by atoms with Gasteiger partial charge in [0.25, 0.3) is 0 Å². The SMILES string of the molecule is CCC(O)COC1CC(CNC)C1. The molecule has 1 aliphatic rings. The quantitative estimate of drug-likeness (QED) is 0.645. The summed E-state index contributed by atoms with van der Waals surface area (Å²) < 4.78 is 5.53. The van der Waals surface area contributed by atoms with E-state index < -0.39 is 0 Å². The Bertz CT molecular complexity index is 135. The minimum Gasteiger partial charge on any atom is -0.391 e. The number of aliphatic hydroxyl groups is 1. The fourth-order valence-electron chi connectivity index (χ4n) is 1.63. The first-order valence-electron chi connectivity index (χ1n) is 5.20. The van der Waals surface area contributed by atoms with Crippen molar-refractivity contribution in [3.63, 3.8) is 0 Å². The summed E-state index contributed by atoms with van der Waals surface area (Å²) in [6.07, 6.45) is 3.21. The maximum Gasteiger partial charge on any atom is 0.0771 e. The summed E-state index contributed by atoms with van der Waals surface area (Å²) in [6, 6.07) is 0. The number of nitrogens with one attached hydrogen (secondary N) is 1. The molecule has 0 aromatic heterocycles. The van der Waals surface area contributed by atoms with Gasteiger partial charge in [-0.25, -0.2) is 0 Å². The molecule has 3 nitrogen and oxygen atoms in total. The van der Waals surface area contributed by atoms with Crippen molar-refractivity contribution in [2.75, 3.05) is 20.2 Å². The van der Waals surface area contributed by atoms with Crippen molar-refractivity contribution in [3.05, 3.63) is 0 Å². The Balaban J connectivity index is 1.95. The molecular weight excluding hydrogens is 166 g/mol. The minimum atomic E-state index is -0.275. The number of rotatable bonds is 6. The largest absolute Gasteiger partial charge is 0.391 e. The molecule has 1 fully saturated rings. The molecule has 0 heterocycles. The fraction of sp³-hybridized carbons (Fsp3) is 1.00. The van der Waals surface area contributed by atoms with Crippen LogP contribution < -0.4 is 5.32 Å². The van der Waals surface area contributed by atoms with Crippen molar-refractivity contribution in [2.45, 2.75) is 38.4 Å². The zero-order valence-corrected chi connectivity index (χ0v) is 8.62. The molecule has 0 amide bonds. The van der Waals surface area contributed by atoms with Crippen LogP contribution in [0.15, 0.2) is 0 Å². The maximum atomic E-state index is 9.26. The average molecular weight is 187 g/mol. The molecule has 1 aliphatic carbocycles. The molecule has 0 radical (unpaired) electrons. The molecular formula is C10H21NO2. The van der Waals surface area contributed by atoms with Crippen molar-refractivity contribution in [2.24, 2.45) is 5.92 Å². The second-order valence-corrected chi connectivity index (χ2v) is 3.91. The molecule has 0 bridgehead atoms. The Morgan fingerprint density at radius 2 is 2.23 bits per heavy atom. The zero-order chi connectivity index (χ0) is 9.68. The van der Waals surface area contributed by atoms with E-state index in [-0.39, 0.29) is 6.10 Å². The van der Waals surface area contributed by atoms with Crippen LogP contribution in [0.3, 0.4) is 0 Å². The van der Waals surface area contributed by atoms with E-state index in [0.29, 0.717) is 12.7 Å². The van der Waals surface area contributed by atoms with Gasteiger partial charge in [-0.3, -0.25) is 0 Å². The van der Waals surface area contributed by atoms with E-state index >= 15 is 0 Å². The first-order valence-corrected chi connectivity index (χ1v) is 5.20. The van der Waals surface area contributed by atoms with Crippen LogP contribution in [-0.4, -0.2) is 37.5 Å². The second kappa shape index (κ2) is 5.58. The molecule has 0 spiro atoms. The van der Waals surface area contributed by atoms with Crippen molar-refractivity contribution in [1.29, 1.82) is 0 Å². The van der Waals surface area contributed by atoms with E-state index in [9.17, 15) is 5.11 Å². The molecule has 78 valence electrons. The highest BCUT2D eigenvalue weighted by Gasteiger charge is 2.29. The van der Waals surface area contributed by atoms with E-state index in [1.807, 2.05) is 14.0 Å². The summed E-state index contributed by atoms with van der Waals surface area (Å²) >= 11 is 0. The van der Waals surface area contributed by atoms with Crippen molar-refractivity contribution < 1.29 is 9.84 Å². The first kappa shape index (κ1) is 11.0. The third-order valence-electron chi connectivity index (χ3n) is 2.68. The van der Waals surface area contributed by atoms with Gasteiger partial charge in [0.1, 0.15) is 0 Å². The van der Waals surface area contributed by atoms with Gasteiger partial charge < -0.3 is 15.2 Å². The van der Waals surface area contributed by atoms with Crippen LogP contribution >= 0.6 is 0 Å². The molecule has 1 saturated carbocycles. The molecule has 0 aliphatic heterocycles. The minimum absolute atomic E-state index is 0.275.